The van der Waals surface area contributed by atoms with Crippen LogP contribution in [0.1, 0.15) is 17.0 Å². The first kappa shape index (κ1) is 15.6. The van der Waals surface area contributed by atoms with Gasteiger partial charge < -0.3 is 14.6 Å². The number of phenols is 1. The molecule has 0 spiro atoms. The predicted octanol–water partition coefficient (Wildman–Crippen LogP) is 2.82. The maximum atomic E-state index is 11.0. The van der Waals surface area contributed by atoms with Crippen LogP contribution in [-0.4, -0.2) is 30.8 Å². The fraction of sp³-hybridized carbons (Fsp3) is 0.250. The molecule has 0 aliphatic carbocycles. The van der Waals surface area contributed by atoms with Crippen molar-refractivity contribution in [3.63, 3.8) is 0 Å². The molecule has 0 aliphatic rings. The minimum Gasteiger partial charge on any atom is -0.507 e. The summed E-state index contributed by atoms with van der Waals surface area (Å²) in [5.41, 5.74) is 1.11. The standard InChI is InChI=1S/C16H17NO5/c1-21-12-8-14(18)16(15(9-12)22-2)13(10-17(19)20)11-6-4-3-5-7-11/h3-9,13,18H,10H2,1-2H3/t13-/m1/s1. The van der Waals surface area contributed by atoms with Crippen LogP contribution in [0, 0.1) is 10.1 Å². The average molecular weight is 303 g/mol. The van der Waals surface area contributed by atoms with Gasteiger partial charge in [0.05, 0.1) is 25.7 Å². The van der Waals surface area contributed by atoms with Crippen molar-refractivity contribution in [2.45, 2.75) is 5.92 Å². The van der Waals surface area contributed by atoms with E-state index >= 15 is 0 Å². The topological polar surface area (TPSA) is 81.8 Å². The molecule has 22 heavy (non-hydrogen) atoms. The smallest absolute Gasteiger partial charge is 0.214 e. The number of nitro groups is 1. The van der Waals surface area contributed by atoms with Crippen LogP contribution in [0.3, 0.4) is 0 Å². The van der Waals surface area contributed by atoms with Gasteiger partial charge in [0.25, 0.3) is 0 Å². The molecule has 1 atom stereocenters. The number of phenolic OH excluding ortho intramolecular Hbond substituents is 1. The van der Waals surface area contributed by atoms with Crippen LogP contribution in [0.4, 0.5) is 0 Å². The van der Waals surface area contributed by atoms with Crippen molar-refractivity contribution in [3.8, 4) is 17.2 Å². The zero-order valence-electron chi connectivity index (χ0n) is 12.4. The molecular weight excluding hydrogens is 286 g/mol. The number of hydrogen-bond donors (Lipinski definition) is 1. The second kappa shape index (κ2) is 6.80. The highest BCUT2D eigenvalue weighted by Crippen LogP contribution is 2.41. The monoisotopic (exact) mass is 303 g/mol. The van der Waals surface area contributed by atoms with E-state index in [0.29, 0.717) is 17.1 Å². The van der Waals surface area contributed by atoms with Crippen molar-refractivity contribution in [2.24, 2.45) is 0 Å². The third-order valence-electron chi connectivity index (χ3n) is 3.43. The van der Waals surface area contributed by atoms with Gasteiger partial charge in [-0.05, 0) is 5.56 Å². The number of hydrogen-bond acceptors (Lipinski definition) is 5. The average Bonchev–Trinajstić information content (AvgIpc) is 2.52. The molecule has 0 fully saturated rings. The van der Waals surface area contributed by atoms with Crippen molar-refractivity contribution >= 4 is 0 Å². The zero-order valence-corrected chi connectivity index (χ0v) is 12.4. The number of rotatable bonds is 6. The van der Waals surface area contributed by atoms with E-state index in [0.717, 1.165) is 5.56 Å². The van der Waals surface area contributed by atoms with E-state index < -0.39 is 10.8 Å². The Balaban J connectivity index is 2.59. The molecule has 0 saturated carbocycles. The Morgan fingerprint density at radius 2 is 1.86 bits per heavy atom. The molecular formula is C16H17NO5. The summed E-state index contributed by atoms with van der Waals surface area (Å²) >= 11 is 0. The van der Waals surface area contributed by atoms with Gasteiger partial charge in [0, 0.05) is 17.1 Å². The normalized spacial score (nSPS) is 11.7. The third-order valence-corrected chi connectivity index (χ3v) is 3.43. The highest BCUT2D eigenvalue weighted by molar-refractivity contribution is 5.54. The van der Waals surface area contributed by atoms with Crippen LogP contribution < -0.4 is 9.47 Å². The van der Waals surface area contributed by atoms with E-state index in [1.807, 2.05) is 6.07 Å². The first-order valence-electron chi connectivity index (χ1n) is 6.68. The lowest BCUT2D eigenvalue weighted by molar-refractivity contribution is -0.481. The minimum absolute atomic E-state index is 0.0908. The summed E-state index contributed by atoms with van der Waals surface area (Å²) in [5, 5.41) is 21.3. The van der Waals surface area contributed by atoms with Crippen LogP contribution in [0.15, 0.2) is 42.5 Å². The van der Waals surface area contributed by atoms with Crippen LogP contribution in [-0.2, 0) is 0 Å². The maximum Gasteiger partial charge on any atom is 0.214 e. The first-order valence-corrected chi connectivity index (χ1v) is 6.68. The molecule has 0 saturated heterocycles. The van der Waals surface area contributed by atoms with E-state index in [4.69, 9.17) is 9.47 Å². The molecule has 0 amide bonds. The Kier molecular flexibility index (Phi) is 4.83. The van der Waals surface area contributed by atoms with Crippen LogP contribution in [0.2, 0.25) is 0 Å². The third kappa shape index (κ3) is 3.28. The highest BCUT2D eigenvalue weighted by Gasteiger charge is 2.27. The number of aromatic hydroxyl groups is 1. The largest absolute Gasteiger partial charge is 0.507 e. The molecule has 1 N–H and O–H groups in total. The lowest BCUT2D eigenvalue weighted by atomic mass is 9.89. The quantitative estimate of drug-likeness (QED) is 0.655. The van der Waals surface area contributed by atoms with Crippen molar-refractivity contribution in [1.29, 1.82) is 0 Å². The van der Waals surface area contributed by atoms with Gasteiger partial charge in [0.15, 0.2) is 0 Å². The van der Waals surface area contributed by atoms with Crippen molar-refractivity contribution < 1.29 is 19.5 Å². The fourth-order valence-electron chi connectivity index (χ4n) is 2.42. The molecule has 0 radical (unpaired) electrons. The summed E-state index contributed by atoms with van der Waals surface area (Å²) in [4.78, 5) is 10.6. The van der Waals surface area contributed by atoms with Crippen LogP contribution in [0.25, 0.3) is 0 Å². The Hall–Kier alpha value is -2.76. The minimum atomic E-state index is -0.614. The Labute approximate surface area is 128 Å². The summed E-state index contributed by atoms with van der Waals surface area (Å²) in [6.07, 6.45) is 0. The van der Waals surface area contributed by atoms with E-state index in [1.165, 1.54) is 20.3 Å². The predicted molar refractivity (Wildman–Crippen MR) is 81.4 cm³/mol. The highest BCUT2D eigenvalue weighted by atomic mass is 16.6. The fourth-order valence-corrected chi connectivity index (χ4v) is 2.42. The molecule has 0 aliphatic heterocycles. The maximum absolute atomic E-state index is 11.0. The van der Waals surface area contributed by atoms with E-state index in [-0.39, 0.29) is 12.3 Å². The summed E-state index contributed by atoms with van der Waals surface area (Å²) in [5.74, 6) is 0.0718. The molecule has 0 unspecified atom stereocenters. The summed E-state index contributed by atoms with van der Waals surface area (Å²) in [6, 6.07) is 12.0. The van der Waals surface area contributed by atoms with Gasteiger partial charge in [-0.15, -0.1) is 0 Å². The summed E-state index contributed by atoms with van der Waals surface area (Å²) in [6.45, 7) is -0.347. The zero-order chi connectivity index (χ0) is 16.1. The number of methoxy groups -OCH3 is 2. The lowest BCUT2D eigenvalue weighted by Gasteiger charge is -2.19. The molecule has 6 nitrogen and oxygen atoms in total. The number of ether oxygens (including phenoxy) is 2. The van der Waals surface area contributed by atoms with E-state index in [2.05, 4.69) is 0 Å². The van der Waals surface area contributed by atoms with Gasteiger partial charge in [-0.25, -0.2) is 0 Å². The van der Waals surface area contributed by atoms with Gasteiger partial charge in [0.2, 0.25) is 6.54 Å². The van der Waals surface area contributed by atoms with Crippen LogP contribution in [0.5, 0.6) is 17.2 Å². The molecule has 2 aromatic carbocycles. The Morgan fingerprint density at radius 3 is 2.41 bits per heavy atom. The number of benzene rings is 2. The molecule has 2 rings (SSSR count). The Bertz CT molecular complexity index is 657. The first-order chi connectivity index (χ1) is 10.6. The summed E-state index contributed by atoms with van der Waals surface area (Å²) in [7, 11) is 2.92. The second-order valence-electron chi connectivity index (χ2n) is 4.74. The summed E-state index contributed by atoms with van der Waals surface area (Å²) < 4.78 is 10.4. The van der Waals surface area contributed by atoms with Gasteiger partial charge in [-0.2, -0.15) is 0 Å². The van der Waals surface area contributed by atoms with Crippen molar-refractivity contribution in [1.82, 2.24) is 0 Å². The second-order valence-corrected chi connectivity index (χ2v) is 4.74. The van der Waals surface area contributed by atoms with Gasteiger partial charge in [-0.3, -0.25) is 10.1 Å². The molecule has 2 aromatic rings. The number of nitrogens with zero attached hydrogens (tertiary/aromatic N) is 1. The molecule has 0 aromatic heterocycles. The van der Waals surface area contributed by atoms with Gasteiger partial charge >= 0.3 is 0 Å². The SMILES string of the molecule is COc1cc(O)c([C@H](C[N+](=O)[O-])c2ccccc2)c(OC)c1. The van der Waals surface area contributed by atoms with Crippen LogP contribution >= 0.6 is 0 Å². The molecule has 0 heterocycles. The van der Waals surface area contributed by atoms with E-state index in [9.17, 15) is 15.2 Å². The van der Waals surface area contributed by atoms with Gasteiger partial charge in [0.1, 0.15) is 17.2 Å². The van der Waals surface area contributed by atoms with E-state index in [1.54, 1.807) is 30.3 Å². The van der Waals surface area contributed by atoms with Crippen molar-refractivity contribution in [3.05, 3.63) is 63.7 Å². The molecule has 0 bridgehead atoms. The van der Waals surface area contributed by atoms with Crippen molar-refractivity contribution in [2.75, 3.05) is 20.8 Å². The molecule has 116 valence electrons. The lowest BCUT2D eigenvalue weighted by Crippen LogP contribution is -2.15. The molecule has 6 heteroatoms. The Morgan fingerprint density at radius 1 is 1.18 bits per heavy atom. The van der Waals surface area contributed by atoms with Gasteiger partial charge in [-0.1, -0.05) is 30.3 Å².